The second-order valence-electron chi connectivity index (χ2n) is 5.16. The maximum atomic E-state index is 12.7. The first-order valence-corrected chi connectivity index (χ1v) is 7.33. The van der Waals surface area contributed by atoms with Crippen molar-refractivity contribution in [3.8, 4) is 5.75 Å². The maximum Gasteiger partial charge on any atom is 0.331 e. The molecular weight excluding hydrogens is 300 g/mol. The average Bonchev–Trinajstić information content (AvgIpc) is 2.94. The van der Waals surface area contributed by atoms with E-state index in [1.807, 2.05) is 6.92 Å². The fourth-order valence-electron chi connectivity index (χ4n) is 2.60. The Hall–Kier alpha value is -2.83. The summed E-state index contributed by atoms with van der Waals surface area (Å²) in [7, 11) is 0. The SMILES string of the molecule is CCc1cc(C(=O)N2CCOc3ccccc3C2C(=O)O)no1. The third-order valence-electron chi connectivity index (χ3n) is 3.74. The van der Waals surface area contributed by atoms with Crippen molar-refractivity contribution in [2.75, 3.05) is 13.2 Å². The molecule has 0 bridgehead atoms. The number of hydrogen-bond acceptors (Lipinski definition) is 5. The number of amides is 1. The van der Waals surface area contributed by atoms with Crippen LogP contribution in [0.3, 0.4) is 0 Å². The molecule has 0 spiro atoms. The van der Waals surface area contributed by atoms with E-state index >= 15 is 0 Å². The molecule has 1 aromatic heterocycles. The third-order valence-corrected chi connectivity index (χ3v) is 3.74. The molecule has 0 fully saturated rings. The molecule has 7 nitrogen and oxygen atoms in total. The first-order valence-electron chi connectivity index (χ1n) is 7.33. The van der Waals surface area contributed by atoms with Crippen molar-refractivity contribution in [1.29, 1.82) is 0 Å². The van der Waals surface area contributed by atoms with Crippen molar-refractivity contribution in [3.05, 3.63) is 47.3 Å². The molecule has 1 amide bonds. The summed E-state index contributed by atoms with van der Waals surface area (Å²) in [5, 5.41) is 13.4. The van der Waals surface area contributed by atoms with E-state index in [0.29, 0.717) is 23.5 Å². The third kappa shape index (κ3) is 2.77. The van der Waals surface area contributed by atoms with Crippen LogP contribution in [0, 0.1) is 0 Å². The molecule has 0 saturated carbocycles. The molecule has 120 valence electrons. The number of aromatic nitrogens is 1. The van der Waals surface area contributed by atoms with Crippen molar-refractivity contribution in [2.24, 2.45) is 0 Å². The Balaban J connectivity index is 2.00. The Labute approximate surface area is 132 Å². The Morgan fingerprint density at radius 3 is 2.87 bits per heavy atom. The summed E-state index contributed by atoms with van der Waals surface area (Å²) >= 11 is 0. The number of nitrogens with zero attached hydrogens (tertiary/aromatic N) is 2. The normalized spacial score (nSPS) is 17.1. The second-order valence-corrected chi connectivity index (χ2v) is 5.16. The lowest BCUT2D eigenvalue weighted by Crippen LogP contribution is -2.40. The summed E-state index contributed by atoms with van der Waals surface area (Å²) in [6.07, 6.45) is 0.606. The summed E-state index contributed by atoms with van der Waals surface area (Å²) in [5.74, 6) is -0.548. The van der Waals surface area contributed by atoms with Gasteiger partial charge >= 0.3 is 5.97 Å². The van der Waals surface area contributed by atoms with Crippen LogP contribution < -0.4 is 4.74 Å². The standard InChI is InChI=1S/C16H16N2O5/c1-2-10-9-12(17-23-10)15(19)18-7-8-22-13-6-4-3-5-11(13)14(18)16(20)21/h3-6,9,14H,2,7-8H2,1H3,(H,20,21). The van der Waals surface area contributed by atoms with Crippen LogP contribution in [0.15, 0.2) is 34.9 Å². The molecule has 1 aliphatic heterocycles. The summed E-state index contributed by atoms with van der Waals surface area (Å²) in [4.78, 5) is 25.7. The van der Waals surface area contributed by atoms with E-state index in [1.165, 1.54) is 4.90 Å². The van der Waals surface area contributed by atoms with Crippen molar-refractivity contribution in [3.63, 3.8) is 0 Å². The molecule has 2 aromatic rings. The number of benzene rings is 1. The highest BCUT2D eigenvalue weighted by Crippen LogP contribution is 2.33. The fourth-order valence-corrected chi connectivity index (χ4v) is 2.60. The highest BCUT2D eigenvalue weighted by atomic mass is 16.5. The van der Waals surface area contributed by atoms with Gasteiger partial charge in [-0.15, -0.1) is 0 Å². The molecule has 1 aromatic carbocycles. The van der Waals surface area contributed by atoms with Gasteiger partial charge in [0.25, 0.3) is 5.91 Å². The monoisotopic (exact) mass is 316 g/mol. The lowest BCUT2D eigenvalue weighted by Gasteiger charge is -2.25. The zero-order chi connectivity index (χ0) is 16.4. The van der Waals surface area contributed by atoms with Crippen LogP contribution in [-0.4, -0.2) is 40.2 Å². The van der Waals surface area contributed by atoms with Gasteiger partial charge in [0.1, 0.15) is 18.1 Å². The number of carbonyl (C=O) groups is 2. The molecule has 1 N–H and O–H groups in total. The topological polar surface area (TPSA) is 92.9 Å². The molecule has 2 heterocycles. The van der Waals surface area contributed by atoms with Crippen molar-refractivity contribution in [1.82, 2.24) is 10.1 Å². The van der Waals surface area contributed by atoms with Gasteiger partial charge in [-0.25, -0.2) is 4.79 Å². The zero-order valence-corrected chi connectivity index (χ0v) is 12.6. The molecule has 3 rings (SSSR count). The number of rotatable bonds is 3. The number of hydrogen-bond donors (Lipinski definition) is 1. The van der Waals surface area contributed by atoms with Crippen LogP contribution in [0.2, 0.25) is 0 Å². The minimum absolute atomic E-state index is 0.104. The van der Waals surface area contributed by atoms with Gasteiger partial charge in [-0.2, -0.15) is 0 Å². The van der Waals surface area contributed by atoms with Crippen molar-refractivity contribution in [2.45, 2.75) is 19.4 Å². The smallest absolute Gasteiger partial charge is 0.331 e. The van der Waals surface area contributed by atoms with Gasteiger partial charge in [-0.3, -0.25) is 4.79 Å². The number of ether oxygens (including phenoxy) is 1. The van der Waals surface area contributed by atoms with Crippen LogP contribution in [0.5, 0.6) is 5.75 Å². The lowest BCUT2D eigenvalue weighted by atomic mass is 10.0. The zero-order valence-electron chi connectivity index (χ0n) is 12.6. The highest BCUT2D eigenvalue weighted by molar-refractivity contribution is 5.95. The molecule has 7 heteroatoms. The number of carbonyl (C=O) groups excluding carboxylic acids is 1. The molecule has 1 aliphatic rings. The predicted octanol–water partition coefficient (Wildman–Crippen LogP) is 1.90. The Kier molecular flexibility index (Phi) is 4.01. The van der Waals surface area contributed by atoms with E-state index in [4.69, 9.17) is 9.26 Å². The van der Waals surface area contributed by atoms with E-state index in [9.17, 15) is 14.7 Å². The molecule has 0 saturated heterocycles. The Morgan fingerprint density at radius 2 is 2.17 bits per heavy atom. The number of para-hydroxylation sites is 1. The summed E-state index contributed by atoms with van der Waals surface area (Å²) < 4.78 is 10.6. The second kappa shape index (κ2) is 6.12. The van der Waals surface area contributed by atoms with E-state index in [0.717, 1.165) is 0 Å². The molecule has 1 unspecified atom stereocenters. The van der Waals surface area contributed by atoms with Crippen LogP contribution in [0.25, 0.3) is 0 Å². The number of carboxylic acids is 1. The largest absolute Gasteiger partial charge is 0.491 e. The molecule has 0 radical (unpaired) electrons. The van der Waals surface area contributed by atoms with E-state index < -0.39 is 17.9 Å². The van der Waals surface area contributed by atoms with E-state index in [1.54, 1.807) is 30.3 Å². The molecular formula is C16H16N2O5. The fraction of sp³-hybridized carbons (Fsp3) is 0.312. The Bertz CT molecular complexity index is 740. The van der Waals surface area contributed by atoms with Gasteiger partial charge < -0.3 is 19.3 Å². The average molecular weight is 316 g/mol. The predicted molar refractivity (Wildman–Crippen MR) is 79.2 cm³/mol. The Morgan fingerprint density at radius 1 is 1.39 bits per heavy atom. The summed E-state index contributed by atoms with van der Waals surface area (Å²) in [6, 6.07) is 7.25. The number of carboxylic acid groups (broad SMARTS) is 1. The number of fused-ring (bicyclic) bond motifs is 1. The lowest BCUT2D eigenvalue weighted by molar-refractivity contribution is -0.142. The minimum atomic E-state index is -1.12. The maximum absolute atomic E-state index is 12.7. The molecule has 1 atom stereocenters. The highest BCUT2D eigenvalue weighted by Gasteiger charge is 2.36. The van der Waals surface area contributed by atoms with Gasteiger partial charge in [-0.05, 0) is 6.07 Å². The first kappa shape index (κ1) is 15.1. The molecule has 23 heavy (non-hydrogen) atoms. The van der Waals surface area contributed by atoms with Crippen LogP contribution in [0.1, 0.15) is 34.8 Å². The quantitative estimate of drug-likeness (QED) is 0.929. The molecule has 0 aliphatic carbocycles. The number of aliphatic carboxylic acids is 1. The van der Waals surface area contributed by atoms with Crippen LogP contribution >= 0.6 is 0 Å². The first-order chi connectivity index (χ1) is 11.1. The van der Waals surface area contributed by atoms with E-state index in [-0.39, 0.29) is 18.8 Å². The minimum Gasteiger partial charge on any atom is -0.491 e. The van der Waals surface area contributed by atoms with Gasteiger partial charge in [0, 0.05) is 18.1 Å². The van der Waals surface area contributed by atoms with Crippen molar-refractivity contribution < 1.29 is 24.0 Å². The van der Waals surface area contributed by atoms with Gasteiger partial charge in [0.15, 0.2) is 11.7 Å². The van der Waals surface area contributed by atoms with Gasteiger partial charge in [0.05, 0.1) is 6.54 Å². The summed E-state index contributed by atoms with van der Waals surface area (Å²) in [5.41, 5.74) is 0.553. The number of aryl methyl sites for hydroxylation is 1. The van der Waals surface area contributed by atoms with Crippen molar-refractivity contribution >= 4 is 11.9 Å². The van der Waals surface area contributed by atoms with Crippen LogP contribution in [-0.2, 0) is 11.2 Å². The van der Waals surface area contributed by atoms with Gasteiger partial charge in [0.2, 0.25) is 0 Å². The summed E-state index contributed by atoms with van der Waals surface area (Å²) in [6.45, 7) is 2.24. The van der Waals surface area contributed by atoms with Crippen LogP contribution in [0.4, 0.5) is 0 Å². The van der Waals surface area contributed by atoms with E-state index in [2.05, 4.69) is 5.16 Å². The van der Waals surface area contributed by atoms with Gasteiger partial charge in [-0.1, -0.05) is 30.3 Å².